The number of benzene rings is 1. The van der Waals surface area contributed by atoms with E-state index in [2.05, 4.69) is 16.1 Å². The van der Waals surface area contributed by atoms with Crippen LogP contribution in [0.4, 0.5) is 10.1 Å². The summed E-state index contributed by atoms with van der Waals surface area (Å²) < 4.78 is 13.9. The quantitative estimate of drug-likeness (QED) is 0.767. The van der Waals surface area contributed by atoms with E-state index in [0.717, 1.165) is 5.56 Å². The van der Waals surface area contributed by atoms with Gasteiger partial charge in [0, 0.05) is 32.2 Å². The number of terminal acetylenes is 1. The number of fused-ring (bicyclic) bond motifs is 1. The summed E-state index contributed by atoms with van der Waals surface area (Å²) in [6.07, 6.45) is 8.08. The van der Waals surface area contributed by atoms with Crippen LogP contribution in [-0.4, -0.2) is 18.1 Å². The van der Waals surface area contributed by atoms with Gasteiger partial charge in [0.1, 0.15) is 5.82 Å². The summed E-state index contributed by atoms with van der Waals surface area (Å²) in [4.78, 5) is 13.9. The Morgan fingerprint density at radius 3 is 2.95 bits per heavy atom. The Labute approximate surface area is 123 Å². The Hall–Kier alpha value is -2.22. The SMILES string of the molecule is C#CCCC1(CCC(=O)N2CCc3cccc(F)c32)N=N1. The molecular weight excluding hydrogens is 269 g/mol. The van der Waals surface area contributed by atoms with Gasteiger partial charge in [-0.2, -0.15) is 10.2 Å². The summed E-state index contributed by atoms with van der Waals surface area (Å²) in [6.45, 7) is 0.542. The van der Waals surface area contributed by atoms with Crippen molar-refractivity contribution >= 4 is 11.6 Å². The lowest BCUT2D eigenvalue weighted by Crippen LogP contribution is -2.30. The first kappa shape index (κ1) is 13.7. The minimum Gasteiger partial charge on any atom is -0.309 e. The molecule has 2 aliphatic rings. The van der Waals surface area contributed by atoms with Gasteiger partial charge in [-0.15, -0.1) is 12.3 Å². The van der Waals surface area contributed by atoms with Gasteiger partial charge in [-0.1, -0.05) is 12.1 Å². The number of hydrogen-bond acceptors (Lipinski definition) is 3. The summed E-state index contributed by atoms with van der Waals surface area (Å²) in [7, 11) is 0. The molecule has 5 heteroatoms. The summed E-state index contributed by atoms with van der Waals surface area (Å²) in [5, 5.41) is 8.03. The second-order valence-electron chi connectivity index (χ2n) is 5.43. The maximum absolute atomic E-state index is 13.9. The van der Waals surface area contributed by atoms with Crippen LogP contribution in [0.25, 0.3) is 0 Å². The molecule has 0 N–H and O–H groups in total. The Morgan fingerprint density at radius 2 is 2.24 bits per heavy atom. The molecule has 0 radical (unpaired) electrons. The standard InChI is InChI=1S/C16H16FN3O/c1-2-3-9-16(18-19-16)10-7-14(21)20-11-8-12-5-4-6-13(17)15(12)20/h1,4-6H,3,7-11H2. The minimum absolute atomic E-state index is 0.0729. The van der Waals surface area contributed by atoms with Crippen molar-refractivity contribution in [2.45, 2.75) is 37.8 Å². The van der Waals surface area contributed by atoms with E-state index >= 15 is 0 Å². The lowest BCUT2D eigenvalue weighted by atomic mass is 10.0. The van der Waals surface area contributed by atoms with Gasteiger partial charge >= 0.3 is 0 Å². The van der Waals surface area contributed by atoms with E-state index in [1.165, 1.54) is 6.07 Å². The fourth-order valence-corrected chi connectivity index (χ4v) is 2.77. The zero-order valence-corrected chi connectivity index (χ0v) is 11.7. The van der Waals surface area contributed by atoms with Gasteiger partial charge in [0.05, 0.1) is 5.69 Å². The van der Waals surface area contributed by atoms with Crippen molar-refractivity contribution < 1.29 is 9.18 Å². The molecule has 21 heavy (non-hydrogen) atoms. The van der Waals surface area contributed by atoms with Crippen molar-refractivity contribution in [2.75, 3.05) is 11.4 Å². The fraction of sp³-hybridized carbons (Fsp3) is 0.438. The van der Waals surface area contributed by atoms with E-state index in [4.69, 9.17) is 6.42 Å². The molecule has 3 rings (SSSR count). The van der Waals surface area contributed by atoms with E-state index in [1.807, 2.05) is 6.07 Å². The molecule has 0 fully saturated rings. The lowest BCUT2D eigenvalue weighted by Gasteiger charge is -2.18. The molecule has 0 spiro atoms. The molecule has 1 aromatic carbocycles. The molecule has 108 valence electrons. The Morgan fingerprint density at radius 1 is 1.43 bits per heavy atom. The highest BCUT2D eigenvalue weighted by atomic mass is 19.1. The number of hydrogen-bond donors (Lipinski definition) is 0. The smallest absolute Gasteiger partial charge is 0.227 e. The Balaban J connectivity index is 1.62. The second-order valence-corrected chi connectivity index (χ2v) is 5.43. The van der Waals surface area contributed by atoms with Crippen LogP contribution < -0.4 is 4.90 Å². The van der Waals surface area contributed by atoms with E-state index in [0.29, 0.717) is 44.3 Å². The molecule has 1 aromatic rings. The number of para-hydroxylation sites is 1. The molecular formula is C16H16FN3O. The number of halogens is 1. The highest BCUT2D eigenvalue weighted by Crippen LogP contribution is 2.38. The summed E-state index contributed by atoms with van der Waals surface area (Å²) in [6, 6.07) is 4.94. The predicted octanol–water partition coefficient (Wildman–Crippen LogP) is 3.07. The second kappa shape index (κ2) is 5.28. The number of amides is 1. The molecule has 0 saturated carbocycles. The van der Waals surface area contributed by atoms with Crippen LogP contribution in [0.3, 0.4) is 0 Å². The van der Waals surface area contributed by atoms with E-state index in [9.17, 15) is 9.18 Å². The number of nitrogens with zero attached hydrogens (tertiary/aromatic N) is 3. The maximum atomic E-state index is 13.9. The van der Waals surface area contributed by atoms with Crippen molar-refractivity contribution in [1.82, 2.24) is 0 Å². The average Bonchev–Trinajstić information content (AvgIpc) is 3.12. The third-order valence-corrected chi connectivity index (χ3v) is 4.04. The monoisotopic (exact) mass is 285 g/mol. The largest absolute Gasteiger partial charge is 0.309 e. The number of carbonyl (C=O) groups is 1. The minimum atomic E-state index is -0.459. The Kier molecular flexibility index (Phi) is 3.46. The van der Waals surface area contributed by atoms with Crippen LogP contribution in [0.2, 0.25) is 0 Å². The van der Waals surface area contributed by atoms with Crippen molar-refractivity contribution in [3.63, 3.8) is 0 Å². The van der Waals surface area contributed by atoms with Crippen molar-refractivity contribution in [3.05, 3.63) is 29.6 Å². The van der Waals surface area contributed by atoms with E-state index in [-0.39, 0.29) is 11.7 Å². The van der Waals surface area contributed by atoms with Gasteiger partial charge in [-0.25, -0.2) is 4.39 Å². The van der Waals surface area contributed by atoms with Crippen LogP contribution in [-0.2, 0) is 11.2 Å². The van der Waals surface area contributed by atoms with Gasteiger partial charge in [-0.3, -0.25) is 4.79 Å². The van der Waals surface area contributed by atoms with Crippen molar-refractivity contribution in [3.8, 4) is 12.3 Å². The van der Waals surface area contributed by atoms with E-state index < -0.39 is 5.66 Å². The summed E-state index contributed by atoms with van der Waals surface area (Å²) in [5.74, 6) is 2.16. The topological polar surface area (TPSA) is 45.0 Å². The first-order valence-corrected chi connectivity index (χ1v) is 7.10. The molecule has 4 nitrogen and oxygen atoms in total. The molecule has 2 aliphatic heterocycles. The van der Waals surface area contributed by atoms with Gasteiger partial charge in [-0.05, 0) is 18.1 Å². The van der Waals surface area contributed by atoms with Crippen molar-refractivity contribution in [2.24, 2.45) is 10.2 Å². The zero-order chi connectivity index (χ0) is 14.9. The predicted molar refractivity (Wildman–Crippen MR) is 77.3 cm³/mol. The van der Waals surface area contributed by atoms with Gasteiger partial charge in [0.25, 0.3) is 0 Å². The summed E-state index contributed by atoms with van der Waals surface area (Å²) in [5.41, 5.74) is 0.871. The molecule has 0 aromatic heterocycles. The number of anilines is 1. The molecule has 2 heterocycles. The normalized spacial score (nSPS) is 17.4. The third-order valence-electron chi connectivity index (χ3n) is 4.04. The van der Waals surface area contributed by atoms with Crippen LogP contribution in [0.15, 0.2) is 28.4 Å². The summed E-state index contributed by atoms with van der Waals surface area (Å²) >= 11 is 0. The van der Waals surface area contributed by atoms with Gasteiger partial charge in [0.2, 0.25) is 5.91 Å². The lowest BCUT2D eigenvalue weighted by molar-refractivity contribution is -0.118. The first-order chi connectivity index (χ1) is 10.2. The number of rotatable bonds is 5. The highest BCUT2D eigenvalue weighted by molar-refractivity contribution is 5.95. The van der Waals surface area contributed by atoms with Gasteiger partial charge < -0.3 is 4.90 Å². The maximum Gasteiger partial charge on any atom is 0.227 e. The molecule has 0 bridgehead atoms. The fourth-order valence-electron chi connectivity index (χ4n) is 2.77. The third kappa shape index (κ3) is 2.66. The van der Waals surface area contributed by atoms with Crippen molar-refractivity contribution in [1.29, 1.82) is 0 Å². The van der Waals surface area contributed by atoms with Gasteiger partial charge in [0.15, 0.2) is 5.66 Å². The molecule has 0 aliphatic carbocycles. The Bertz CT molecular complexity index is 641. The molecule has 1 amide bonds. The van der Waals surface area contributed by atoms with Crippen LogP contribution >= 0.6 is 0 Å². The first-order valence-electron chi connectivity index (χ1n) is 7.10. The van der Waals surface area contributed by atoms with Crippen LogP contribution in [0, 0.1) is 18.2 Å². The van der Waals surface area contributed by atoms with E-state index in [1.54, 1.807) is 11.0 Å². The number of carbonyl (C=O) groups excluding carboxylic acids is 1. The molecule has 0 saturated heterocycles. The zero-order valence-electron chi connectivity index (χ0n) is 11.7. The average molecular weight is 285 g/mol. The molecule has 0 atom stereocenters. The van der Waals surface area contributed by atoms with Crippen LogP contribution in [0.5, 0.6) is 0 Å². The highest BCUT2D eigenvalue weighted by Gasteiger charge is 2.40. The molecule has 0 unspecified atom stereocenters. The van der Waals surface area contributed by atoms with Crippen LogP contribution in [0.1, 0.15) is 31.2 Å².